The molecule has 1 heterocycles. The molecule has 0 atom stereocenters. The monoisotopic (exact) mass is 220 g/mol. The molecule has 1 aromatic heterocycles. The summed E-state index contributed by atoms with van der Waals surface area (Å²) in [7, 11) is 1.64. The Bertz CT molecular complexity index is 570. The van der Waals surface area contributed by atoms with Crippen LogP contribution in [0.5, 0.6) is 5.75 Å². The third kappa shape index (κ3) is 1.63. The van der Waals surface area contributed by atoms with Crippen LogP contribution in [-0.4, -0.2) is 7.11 Å². The van der Waals surface area contributed by atoms with Gasteiger partial charge in [0.15, 0.2) is 4.71 Å². The standard InChI is InChI=1S/C12H12O2S/c1-7-8(2)12(15)14-11-6-9(13-3)4-5-10(7)11/h4-6H,1-3H3. The molecule has 78 valence electrons. The Hall–Kier alpha value is -1.35. The van der Waals surface area contributed by atoms with Gasteiger partial charge >= 0.3 is 0 Å². The lowest BCUT2D eigenvalue weighted by molar-refractivity contribution is 0.414. The van der Waals surface area contributed by atoms with Crippen LogP contribution in [0.15, 0.2) is 22.6 Å². The van der Waals surface area contributed by atoms with Gasteiger partial charge < -0.3 is 9.15 Å². The topological polar surface area (TPSA) is 22.4 Å². The van der Waals surface area contributed by atoms with E-state index in [1.807, 2.05) is 25.1 Å². The van der Waals surface area contributed by atoms with Crippen molar-refractivity contribution >= 4 is 23.2 Å². The lowest BCUT2D eigenvalue weighted by Crippen LogP contribution is -1.87. The largest absolute Gasteiger partial charge is 0.497 e. The van der Waals surface area contributed by atoms with Crippen LogP contribution in [0.1, 0.15) is 11.1 Å². The van der Waals surface area contributed by atoms with Gasteiger partial charge in [-0.25, -0.2) is 0 Å². The van der Waals surface area contributed by atoms with Gasteiger partial charge in [0.2, 0.25) is 0 Å². The molecule has 15 heavy (non-hydrogen) atoms. The van der Waals surface area contributed by atoms with E-state index in [1.54, 1.807) is 7.11 Å². The fraction of sp³-hybridized carbons (Fsp3) is 0.250. The van der Waals surface area contributed by atoms with Crippen molar-refractivity contribution in [2.24, 2.45) is 0 Å². The van der Waals surface area contributed by atoms with Crippen LogP contribution in [0.3, 0.4) is 0 Å². The second-order valence-corrected chi connectivity index (χ2v) is 3.87. The Morgan fingerprint density at radius 1 is 1.20 bits per heavy atom. The number of fused-ring (bicyclic) bond motifs is 1. The molecule has 0 N–H and O–H groups in total. The van der Waals surface area contributed by atoms with Crippen LogP contribution in [0.2, 0.25) is 0 Å². The van der Waals surface area contributed by atoms with E-state index in [0.717, 1.165) is 22.3 Å². The Kier molecular flexibility index (Phi) is 2.49. The molecule has 0 amide bonds. The van der Waals surface area contributed by atoms with Crippen LogP contribution >= 0.6 is 12.2 Å². The third-order valence-corrected chi connectivity index (χ3v) is 3.05. The number of methoxy groups -OCH3 is 1. The van der Waals surface area contributed by atoms with Gasteiger partial charge in [-0.3, -0.25) is 0 Å². The van der Waals surface area contributed by atoms with Gasteiger partial charge in [-0.05, 0) is 43.8 Å². The molecular formula is C12H12O2S. The van der Waals surface area contributed by atoms with Crippen molar-refractivity contribution in [2.45, 2.75) is 13.8 Å². The van der Waals surface area contributed by atoms with Crippen molar-refractivity contribution in [2.75, 3.05) is 7.11 Å². The molecule has 1 aromatic carbocycles. The van der Waals surface area contributed by atoms with Crippen LogP contribution < -0.4 is 4.74 Å². The Balaban J connectivity index is 2.86. The summed E-state index contributed by atoms with van der Waals surface area (Å²) in [5.74, 6) is 0.781. The molecule has 2 nitrogen and oxygen atoms in total. The van der Waals surface area contributed by atoms with Gasteiger partial charge in [0.1, 0.15) is 11.3 Å². The molecule has 0 bridgehead atoms. The van der Waals surface area contributed by atoms with Gasteiger partial charge in [-0.1, -0.05) is 0 Å². The zero-order valence-electron chi connectivity index (χ0n) is 8.96. The summed E-state index contributed by atoms with van der Waals surface area (Å²) in [5, 5.41) is 1.09. The highest BCUT2D eigenvalue weighted by molar-refractivity contribution is 7.71. The number of ether oxygens (including phenoxy) is 1. The first-order valence-corrected chi connectivity index (χ1v) is 5.12. The predicted octanol–water partition coefficient (Wildman–Crippen LogP) is 3.79. The summed E-state index contributed by atoms with van der Waals surface area (Å²) in [6.45, 7) is 4.03. The number of hydrogen-bond acceptors (Lipinski definition) is 3. The van der Waals surface area contributed by atoms with E-state index in [9.17, 15) is 0 Å². The van der Waals surface area contributed by atoms with Gasteiger partial charge in [0.25, 0.3) is 0 Å². The molecule has 0 aliphatic rings. The Morgan fingerprint density at radius 3 is 2.60 bits per heavy atom. The maximum atomic E-state index is 5.55. The zero-order chi connectivity index (χ0) is 11.0. The average molecular weight is 220 g/mol. The summed E-state index contributed by atoms with van der Waals surface area (Å²) >= 11 is 5.14. The molecule has 3 heteroatoms. The fourth-order valence-electron chi connectivity index (χ4n) is 1.56. The third-order valence-electron chi connectivity index (χ3n) is 2.66. The van der Waals surface area contributed by atoms with Crippen molar-refractivity contribution in [3.8, 4) is 5.75 Å². The molecule has 0 radical (unpaired) electrons. The van der Waals surface area contributed by atoms with E-state index in [4.69, 9.17) is 21.4 Å². The molecule has 0 unspecified atom stereocenters. The summed E-state index contributed by atoms with van der Waals surface area (Å²) in [6, 6.07) is 5.78. The summed E-state index contributed by atoms with van der Waals surface area (Å²) < 4.78 is 11.2. The highest BCUT2D eigenvalue weighted by atomic mass is 32.1. The first-order chi connectivity index (χ1) is 7.13. The first kappa shape index (κ1) is 10.2. The molecule has 0 saturated heterocycles. The van der Waals surface area contributed by atoms with Crippen molar-refractivity contribution in [1.82, 2.24) is 0 Å². The van der Waals surface area contributed by atoms with Crippen LogP contribution in [0.25, 0.3) is 11.0 Å². The molecule has 2 rings (SSSR count). The van der Waals surface area contributed by atoms with E-state index in [-0.39, 0.29) is 0 Å². The number of benzene rings is 1. The summed E-state index contributed by atoms with van der Waals surface area (Å²) in [5.41, 5.74) is 2.98. The maximum Gasteiger partial charge on any atom is 0.193 e. The predicted molar refractivity (Wildman–Crippen MR) is 63.1 cm³/mol. The highest BCUT2D eigenvalue weighted by Crippen LogP contribution is 2.26. The second kappa shape index (κ2) is 3.66. The molecule has 0 saturated carbocycles. The van der Waals surface area contributed by atoms with Crippen molar-refractivity contribution < 1.29 is 9.15 Å². The highest BCUT2D eigenvalue weighted by Gasteiger charge is 2.05. The van der Waals surface area contributed by atoms with Gasteiger partial charge in [-0.15, -0.1) is 0 Å². The van der Waals surface area contributed by atoms with Crippen molar-refractivity contribution in [3.63, 3.8) is 0 Å². The normalized spacial score (nSPS) is 10.6. The number of hydrogen-bond donors (Lipinski definition) is 0. The van der Waals surface area contributed by atoms with Crippen LogP contribution in [0.4, 0.5) is 0 Å². The van der Waals surface area contributed by atoms with E-state index < -0.39 is 0 Å². The number of rotatable bonds is 1. The minimum atomic E-state index is 0.549. The maximum absolute atomic E-state index is 5.55. The molecular weight excluding hydrogens is 208 g/mol. The van der Waals surface area contributed by atoms with E-state index >= 15 is 0 Å². The Morgan fingerprint density at radius 2 is 1.93 bits per heavy atom. The van der Waals surface area contributed by atoms with Crippen LogP contribution in [0, 0.1) is 18.6 Å². The quantitative estimate of drug-likeness (QED) is 0.683. The smallest absolute Gasteiger partial charge is 0.193 e. The second-order valence-electron chi connectivity index (χ2n) is 3.50. The van der Waals surface area contributed by atoms with Gasteiger partial charge in [-0.2, -0.15) is 0 Å². The van der Waals surface area contributed by atoms with Gasteiger partial charge in [0, 0.05) is 17.0 Å². The average Bonchev–Trinajstić information content (AvgIpc) is 2.25. The molecule has 0 aliphatic heterocycles. The molecule has 0 spiro atoms. The molecule has 2 aromatic rings. The summed E-state index contributed by atoms with van der Waals surface area (Å²) in [6.07, 6.45) is 0. The van der Waals surface area contributed by atoms with Crippen molar-refractivity contribution in [1.29, 1.82) is 0 Å². The lowest BCUT2D eigenvalue weighted by Gasteiger charge is -2.06. The fourth-order valence-corrected chi connectivity index (χ4v) is 1.80. The summed E-state index contributed by atoms with van der Waals surface area (Å²) in [4.78, 5) is 0. The SMILES string of the molecule is COc1ccc2c(C)c(C)c(=S)oc2c1. The minimum Gasteiger partial charge on any atom is -0.497 e. The number of aryl methyl sites for hydroxylation is 1. The lowest BCUT2D eigenvalue weighted by atomic mass is 10.1. The Labute approximate surface area is 93.5 Å². The minimum absolute atomic E-state index is 0.549. The first-order valence-electron chi connectivity index (χ1n) is 4.71. The van der Waals surface area contributed by atoms with E-state index in [0.29, 0.717) is 4.71 Å². The zero-order valence-corrected chi connectivity index (χ0v) is 9.77. The van der Waals surface area contributed by atoms with Crippen molar-refractivity contribution in [3.05, 3.63) is 34.0 Å². The van der Waals surface area contributed by atoms with Gasteiger partial charge in [0.05, 0.1) is 7.11 Å². The molecule has 0 aliphatic carbocycles. The van der Waals surface area contributed by atoms with E-state index in [2.05, 4.69) is 6.92 Å². The van der Waals surface area contributed by atoms with Crippen LogP contribution in [-0.2, 0) is 0 Å². The van der Waals surface area contributed by atoms with E-state index in [1.165, 1.54) is 5.56 Å². The molecule has 0 fully saturated rings.